The molecule has 2 fully saturated rings. The van der Waals surface area contributed by atoms with Crippen molar-refractivity contribution in [1.29, 1.82) is 0 Å². The molecule has 0 spiro atoms. The maximum Gasteiger partial charge on any atom is 0.418 e. The number of aromatic nitrogens is 2. The minimum Gasteiger partial charge on any atom is -0.378 e. The van der Waals surface area contributed by atoms with Gasteiger partial charge in [0.05, 0.1) is 42.2 Å². The smallest absolute Gasteiger partial charge is 0.378 e. The first kappa shape index (κ1) is 27.3. The van der Waals surface area contributed by atoms with Crippen molar-refractivity contribution in [3.63, 3.8) is 0 Å². The topological polar surface area (TPSA) is 45.6 Å². The average Bonchev–Trinajstić information content (AvgIpc) is 3.48. The molecule has 41 heavy (non-hydrogen) atoms. The number of ether oxygens (including phenoxy) is 1. The molecule has 4 heterocycles. The number of nitrogens with one attached hydrogen (secondary N) is 1. The predicted molar refractivity (Wildman–Crippen MR) is 158 cm³/mol. The largest absolute Gasteiger partial charge is 0.418 e. The van der Waals surface area contributed by atoms with Crippen molar-refractivity contribution in [1.82, 2.24) is 14.9 Å². The molecule has 10 heteroatoms. The predicted octanol–water partition coefficient (Wildman–Crippen LogP) is 6.52. The highest BCUT2D eigenvalue weighted by Gasteiger charge is 2.43. The molecule has 2 atom stereocenters. The van der Waals surface area contributed by atoms with Crippen LogP contribution in [-0.2, 0) is 10.9 Å². The number of thiocarbonyl (C=S) groups is 1. The van der Waals surface area contributed by atoms with E-state index in [-0.39, 0.29) is 17.8 Å². The molecule has 212 valence electrons. The van der Waals surface area contributed by atoms with Crippen molar-refractivity contribution < 1.29 is 17.9 Å². The van der Waals surface area contributed by atoms with Gasteiger partial charge in [0.15, 0.2) is 5.11 Å². The summed E-state index contributed by atoms with van der Waals surface area (Å²) in [5.74, 6) is 0. The van der Waals surface area contributed by atoms with E-state index in [1.807, 2.05) is 50.2 Å². The number of halogens is 3. The summed E-state index contributed by atoms with van der Waals surface area (Å²) in [6.45, 7) is 6.76. The Balaban J connectivity index is 1.46. The van der Waals surface area contributed by atoms with Gasteiger partial charge in [0.25, 0.3) is 0 Å². The van der Waals surface area contributed by atoms with Gasteiger partial charge in [-0.3, -0.25) is 4.98 Å². The van der Waals surface area contributed by atoms with Crippen LogP contribution in [0.3, 0.4) is 0 Å². The van der Waals surface area contributed by atoms with Gasteiger partial charge in [-0.15, -0.1) is 0 Å². The highest BCUT2D eigenvalue weighted by Crippen LogP contribution is 2.45. The molecule has 0 amide bonds. The maximum absolute atomic E-state index is 14.0. The quantitative estimate of drug-likeness (QED) is 0.273. The number of alkyl halides is 3. The minimum atomic E-state index is -4.48. The Bertz CT molecular complexity index is 1550. The molecule has 2 aliphatic rings. The van der Waals surface area contributed by atoms with Crippen molar-refractivity contribution in [2.24, 2.45) is 0 Å². The summed E-state index contributed by atoms with van der Waals surface area (Å²) < 4.78 is 49.3. The van der Waals surface area contributed by atoms with Crippen LogP contribution in [0.1, 0.15) is 40.3 Å². The van der Waals surface area contributed by atoms with E-state index in [1.54, 1.807) is 16.8 Å². The number of anilines is 2. The summed E-state index contributed by atoms with van der Waals surface area (Å²) in [7, 11) is 0. The molecule has 2 aromatic carbocycles. The van der Waals surface area contributed by atoms with Gasteiger partial charge < -0.3 is 24.4 Å². The molecule has 2 unspecified atom stereocenters. The molecule has 2 aromatic heterocycles. The van der Waals surface area contributed by atoms with E-state index in [2.05, 4.69) is 32.2 Å². The monoisotopic (exact) mass is 577 g/mol. The second kappa shape index (κ2) is 10.8. The van der Waals surface area contributed by atoms with Crippen molar-refractivity contribution in [2.45, 2.75) is 32.1 Å². The summed E-state index contributed by atoms with van der Waals surface area (Å²) in [5.41, 5.74) is 4.52. The Morgan fingerprint density at radius 1 is 0.927 bits per heavy atom. The van der Waals surface area contributed by atoms with Crippen LogP contribution in [0, 0.1) is 13.8 Å². The van der Waals surface area contributed by atoms with Gasteiger partial charge in [0.1, 0.15) is 0 Å². The molecule has 6 rings (SSSR count). The Morgan fingerprint density at radius 3 is 2.29 bits per heavy atom. The van der Waals surface area contributed by atoms with Crippen LogP contribution in [0.4, 0.5) is 24.5 Å². The summed E-state index contributed by atoms with van der Waals surface area (Å²) in [6.07, 6.45) is -2.75. The molecule has 4 aromatic rings. The lowest BCUT2D eigenvalue weighted by Crippen LogP contribution is -2.36. The molecule has 6 nitrogen and oxygen atoms in total. The van der Waals surface area contributed by atoms with E-state index in [4.69, 9.17) is 17.0 Å². The van der Waals surface area contributed by atoms with Gasteiger partial charge >= 0.3 is 6.18 Å². The first-order valence-corrected chi connectivity index (χ1v) is 13.9. The summed E-state index contributed by atoms with van der Waals surface area (Å²) in [6, 6.07) is 21.0. The lowest BCUT2D eigenvalue weighted by atomic mass is 9.96. The highest BCUT2D eigenvalue weighted by molar-refractivity contribution is 7.80. The lowest BCUT2D eigenvalue weighted by Gasteiger charge is -2.31. The molecule has 0 aliphatic carbocycles. The third-order valence-corrected chi connectivity index (χ3v) is 8.16. The van der Waals surface area contributed by atoms with E-state index >= 15 is 0 Å². The minimum absolute atomic E-state index is 0.102. The van der Waals surface area contributed by atoms with Crippen molar-refractivity contribution in [3.05, 3.63) is 107 Å². The van der Waals surface area contributed by atoms with Crippen LogP contribution < -0.4 is 15.1 Å². The first-order chi connectivity index (χ1) is 19.7. The Kier molecular flexibility index (Phi) is 7.21. The van der Waals surface area contributed by atoms with E-state index in [0.29, 0.717) is 29.7 Å². The molecule has 0 bridgehead atoms. The Hall–Kier alpha value is -3.89. The summed E-state index contributed by atoms with van der Waals surface area (Å²) in [5, 5.41) is 3.99. The lowest BCUT2D eigenvalue weighted by molar-refractivity contribution is -0.137. The van der Waals surface area contributed by atoms with Crippen LogP contribution in [-0.4, -0.2) is 41.0 Å². The number of hydrogen-bond acceptors (Lipinski definition) is 4. The fourth-order valence-electron chi connectivity index (χ4n) is 5.96. The number of pyridine rings is 1. The number of hydrogen-bond donors (Lipinski definition) is 1. The summed E-state index contributed by atoms with van der Waals surface area (Å²) >= 11 is 5.89. The van der Waals surface area contributed by atoms with Gasteiger partial charge in [-0.05, 0) is 86.2 Å². The van der Waals surface area contributed by atoms with E-state index < -0.39 is 11.7 Å². The van der Waals surface area contributed by atoms with Crippen molar-refractivity contribution in [2.75, 3.05) is 36.1 Å². The van der Waals surface area contributed by atoms with Gasteiger partial charge in [-0.2, -0.15) is 13.2 Å². The molecule has 0 radical (unpaired) electrons. The van der Waals surface area contributed by atoms with E-state index in [1.165, 1.54) is 12.1 Å². The zero-order valence-electron chi connectivity index (χ0n) is 22.7. The zero-order chi connectivity index (χ0) is 28.7. The van der Waals surface area contributed by atoms with E-state index in [9.17, 15) is 13.2 Å². The average molecular weight is 578 g/mol. The van der Waals surface area contributed by atoms with Crippen LogP contribution in [0.15, 0.2) is 79.0 Å². The molecule has 2 aliphatic heterocycles. The second-order valence-corrected chi connectivity index (χ2v) is 10.7. The molecular weight excluding hydrogens is 547 g/mol. The molecule has 2 saturated heterocycles. The molecule has 1 N–H and O–H groups in total. The van der Waals surface area contributed by atoms with Crippen molar-refractivity contribution in [3.8, 4) is 5.69 Å². The Morgan fingerprint density at radius 2 is 1.61 bits per heavy atom. The molecular formula is C31H30F3N5OS. The van der Waals surface area contributed by atoms with Gasteiger partial charge in [-0.1, -0.05) is 18.2 Å². The highest BCUT2D eigenvalue weighted by atomic mass is 32.1. The van der Waals surface area contributed by atoms with Crippen LogP contribution >= 0.6 is 12.2 Å². The number of benzene rings is 2. The zero-order valence-corrected chi connectivity index (χ0v) is 23.5. The molecule has 0 saturated carbocycles. The van der Waals surface area contributed by atoms with Gasteiger partial charge in [0, 0.05) is 42.0 Å². The first-order valence-electron chi connectivity index (χ1n) is 13.5. The normalized spacial score (nSPS) is 19.5. The number of rotatable bonds is 5. The maximum atomic E-state index is 14.0. The fourth-order valence-corrected chi connectivity index (χ4v) is 6.31. The van der Waals surface area contributed by atoms with Crippen molar-refractivity contribution >= 4 is 28.7 Å². The van der Waals surface area contributed by atoms with Crippen LogP contribution in [0.5, 0.6) is 0 Å². The summed E-state index contributed by atoms with van der Waals surface area (Å²) in [4.78, 5) is 8.96. The van der Waals surface area contributed by atoms with Crippen LogP contribution in [0.2, 0.25) is 0 Å². The SMILES string of the molecule is Cc1cc(C2C(c3ccccn3)NC(=S)N2c2ccc(N3CCOCC3)cc2)c(C)n1-c1ccccc1C(F)(F)F. The van der Waals surface area contributed by atoms with Gasteiger partial charge in [-0.25, -0.2) is 0 Å². The number of aryl methyl sites for hydroxylation is 1. The number of morpholine rings is 1. The van der Waals surface area contributed by atoms with Gasteiger partial charge in [0.2, 0.25) is 0 Å². The Labute approximate surface area is 242 Å². The number of nitrogens with zero attached hydrogens (tertiary/aromatic N) is 4. The standard InChI is InChI=1S/C31H30F3N5OS/c1-20-19-24(21(2)38(20)27-9-4-3-7-25(27)31(32,33)34)29-28(26-8-5-6-14-35-26)36-30(41)39(29)23-12-10-22(11-13-23)37-15-17-40-18-16-37/h3-14,19,28-29H,15-18H2,1-2H3,(H,36,41). The third kappa shape index (κ3) is 5.06. The number of para-hydroxylation sites is 1. The van der Waals surface area contributed by atoms with E-state index in [0.717, 1.165) is 41.8 Å². The second-order valence-electron chi connectivity index (χ2n) is 10.3. The third-order valence-electron chi connectivity index (χ3n) is 7.84. The van der Waals surface area contributed by atoms with Crippen LogP contribution in [0.25, 0.3) is 5.69 Å². The fraction of sp³-hybridized carbons (Fsp3) is 0.290.